The normalized spacial score (nSPS) is 10.7. The molecule has 1 N–H and O–H groups in total. The van der Waals surface area contributed by atoms with Crippen LogP contribution >= 0.6 is 11.8 Å². The summed E-state index contributed by atoms with van der Waals surface area (Å²) in [5.41, 5.74) is 6.37. The maximum atomic E-state index is 13.0. The van der Waals surface area contributed by atoms with Gasteiger partial charge in [-0.1, -0.05) is 59.8 Å². The molecule has 3 aromatic carbocycles. The molecule has 6 nitrogen and oxygen atoms in total. The van der Waals surface area contributed by atoms with E-state index < -0.39 is 0 Å². The highest BCUT2D eigenvalue weighted by Gasteiger charge is 2.18. The van der Waals surface area contributed by atoms with Crippen LogP contribution in [0.15, 0.2) is 96.2 Å². The second kappa shape index (κ2) is 11.2. The molecule has 2 aromatic heterocycles. The Bertz CT molecular complexity index is 1650. The van der Waals surface area contributed by atoms with E-state index in [4.69, 9.17) is 9.72 Å². The monoisotopic (exact) mass is 516 g/mol. The number of amides is 1. The van der Waals surface area contributed by atoms with Crippen LogP contribution in [0, 0.1) is 18.3 Å². The summed E-state index contributed by atoms with van der Waals surface area (Å²) in [7, 11) is 1.62. The smallest absolute Gasteiger partial charge is 0.234 e. The molecule has 0 fully saturated rings. The van der Waals surface area contributed by atoms with Crippen molar-refractivity contribution in [2.24, 2.45) is 0 Å². The fourth-order valence-electron chi connectivity index (χ4n) is 4.14. The lowest BCUT2D eigenvalue weighted by atomic mass is 9.99. The molecule has 0 aliphatic rings. The average Bonchev–Trinajstić information content (AvgIpc) is 2.96. The van der Waals surface area contributed by atoms with Crippen molar-refractivity contribution in [2.75, 3.05) is 18.2 Å². The van der Waals surface area contributed by atoms with E-state index in [-0.39, 0.29) is 11.7 Å². The number of hydrogen-bond donors (Lipinski definition) is 1. The van der Waals surface area contributed by atoms with Gasteiger partial charge in [0.1, 0.15) is 16.8 Å². The summed E-state index contributed by atoms with van der Waals surface area (Å²) < 4.78 is 5.30. The maximum absolute atomic E-state index is 13.0. The van der Waals surface area contributed by atoms with Gasteiger partial charge in [0.05, 0.1) is 35.3 Å². The van der Waals surface area contributed by atoms with Gasteiger partial charge in [0.25, 0.3) is 0 Å². The molecule has 38 heavy (non-hydrogen) atoms. The number of rotatable bonds is 7. The Balaban J connectivity index is 1.48. The predicted octanol–water partition coefficient (Wildman–Crippen LogP) is 6.88. The van der Waals surface area contributed by atoms with Gasteiger partial charge in [-0.15, -0.1) is 0 Å². The number of aryl methyl sites for hydroxylation is 1. The van der Waals surface area contributed by atoms with Crippen LogP contribution in [0.5, 0.6) is 5.75 Å². The molecule has 7 heteroatoms. The van der Waals surface area contributed by atoms with Crippen molar-refractivity contribution in [2.45, 2.75) is 11.9 Å². The molecule has 0 saturated carbocycles. The number of nitrogens with one attached hydrogen (secondary N) is 1. The van der Waals surface area contributed by atoms with E-state index in [0.717, 1.165) is 44.6 Å². The van der Waals surface area contributed by atoms with Crippen LogP contribution < -0.4 is 10.1 Å². The van der Waals surface area contributed by atoms with Gasteiger partial charge in [-0.25, -0.2) is 4.98 Å². The third kappa shape index (κ3) is 5.36. The molecule has 5 aromatic rings. The summed E-state index contributed by atoms with van der Waals surface area (Å²) in [6.07, 6.45) is 1.72. The lowest BCUT2D eigenvalue weighted by molar-refractivity contribution is -0.113. The zero-order valence-corrected chi connectivity index (χ0v) is 21.8. The molecule has 0 radical (unpaired) electrons. The number of aromatic nitrogens is 2. The van der Waals surface area contributed by atoms with E-state index in [2.05, 4.69) is 16.4 Å². The number of fused-ring (bicyclic) bond motifs is 1. The Hall–Kier alpha value is -4.67. The Morgan fingerprint density at radius 2 is 1.76 bits per heavy atom. The molecule has 0 saturated heterocycles. The molecule has 0 bridgehead atoms. The highest BCUT2D eigenvalue weighted by molar-refractivity contribution is 8.00. The zero-order valence-electron chi connectivity index (χ0n) is 20.9. The third-order valence-corrected chi connectivity index (χ3v) is 7.08. The van der Waals surface area contributed by atoms with Crippen LogP contribution in [-0.4, -0.2) is 28.7 Å². The Morgan fingerprint density at radius 3 is 2.50 bits per heavy atom. The topological polar surface area (TPSA) is 87.9 Å². The quantitative estimate of drug-likeness (QED) is 0.237. The number of hydrogen-bond acceptors (Lipinski definition) is 6. The van der Waals surface area contributed by atoms with E-state index in [9.17, 15) is 10.1 Å². The highest BCUT2D eigenvalue weighted by atomic mass is 32.2. The molecular formula is C31H24N4O2S. The van der Waals surface area contributed by atoms with Gasteiger partial charge in [0.2, 0.25) is 5.91 Å². The number of carbonyl (C=O) groups is 1. The molecule has 0 spiro atoms. The van der Waals surface area contributed by atoms with Crippen molar-refractivity contribution in [3.63, 3.8) is 0 Å². The van der Waals surface area contributed by atoms with Crippen molar-refractivity contribution in [3.05, 3.63) is 102 Å². The molecule has 0 aliphatic heterocycles. The number of ether oxygens (including phenoxy) is 1. The second-order valence-corrected chi connectivity index (χ2v) is 9.62. The van der Waals surface area contributed by atoms with Crippen LogP contribution in [0.1, 0.15) is 11.1 Å². The fraction of sp³-hybridized carbons (Fsp3) is 0.0968. The first-order valence-electron chi connectivity index (χ1n) is 12.0. The Morgan fingerprint density at radius 1 is 1.00 bits per heavy atom. The van der Waals surface area contributed by atoms with E-state index >= 15 is 0 Å². The summed E-state index contributed by atoms with van der Waals surface area (Å²) in [5.74, 6) is 0.635. The number of anilines is 1. The number of benzene rings is 3. The van der Waals surface area contributed by atoms with E-state index in [1.54, 1.807) is 13.3 Å². The zero-order chi connectivity index (χ0) is 26.5. The summed E-state index contributed by atoms with van der Waals surface area (Å²) >= 11 is 1.25. The minimum Gasteiger partial charge on any atom is -0.497 e. The van der Waals surface area contributed by atoms with Crippen molar-refractivity contribution in [3.8, 4) is 34.2 Å². The summed E-state index contributed by atoms with van der Waals surface area (Å²) in [6, 6.07) is 29.3. The van der Waals surface area contributed by atoms with Gasteiger partial charge in [0, 0.05) is 22.7 Å². The van der Waals surface area contributed by atoms with Gasteiger partial charge in [-0.05, 0) is 55.0 Å². The second-order valence-electron chi connectivity index (χ2n) is 8.65. The van der Waals surface area contributed by atoms with Gasteiger partial charge in [0.15, 0.2) is 0 Å². The minimum atomic E-state index is -0.191. The summed E-state index contributed by atoms with van der Waals surface area (Å²) in [4.78, 5) is 22.1. The first-order valence-corrected chi connectivity index (χ1v) is 13.0. The third-order valence-electron chi connectivity index (χ3n) is 6.11. The molecular weight excluding hydrogens is 492 g/mol. The highest BCUT2D eigenvalue weighted by Crippen LogP contribution is 2.35. The minimum absolute atomic E-state index is 0.0950. The Kier molecular flexibility index (Phi) is 7.34. The van der Waals surface area contributed by atoms with Crippen LogP contribution in [0.4, 0.5) is 5.69 Å². The number of thioether (sulfide) groups is 1. The van der Waals surface area contributed by atoms with Crippen LogP contribution in [0.3, 0.4) is 0 Å². The SMILES string of the molecule is COc1ccc(-c2cc(-c3ccc(C)cc3)nc(SCC(=O)Nc3cccc4ncccc34)c2C#N)cc1. The van der Waals surface area contributed by atoms with Gasteiger partial charge in [-0.3, -0.25) is 9.78 Å². The maximum Gasteiger partial charge on any atom is 0.234 e. The Labute approximate surface area is 225 Å². The molecule has 186 valence electrons. The standard InChI is InChI=1S/C31H24N4O2S/c1-20-8-10-22(11-9-20)29-17-25(21-12-14-23(37-2)15-13-21)26(18-32)31(35-29)38-19-30(36)34-28-7-3-6-27-24(28)5-4-16-33-27/h3-17H,19H2,1-2H3,(H,34,36). The number of methoxy groups -OCH3 is 1. The molecule has 2 heterocycles. The van der Waals surface area contributed by atoms with Crippen LogP contribution in [0.25, 0.3) is 33.3 Å². The first kappa shape index (κ1) is 25.0. The molecule has 1 amide bonds. The van der Waals surface area contributed by atoms with E-state index in [0.29, 0.717) is 16.3 Å². The largest absolute Gasteiger partial charge is 0.497 e. The lowest BCUT2D eigenvalue weighted by Gasteiger charge is -2.13. The van der Waals surface area contributed by atoms with Crippen molar-refractivity contribution < 1.29 is 9.53 Å². The fourth-order valence-corrected chi connectivity index (χ4v) is 4.94. The lowest BCUT2D eigenvalue weighted by Crippen LogP contribution is -2.14. The number of pyridine rings is 2. The molecule has 0 aliphatic carbocycles. The summed E-state index contributed by atoms with van der Waals surface area (Å²) in [6.45, 7) is 2.03. The predicted molar refractivity (Wildman–Crippen MR) is 152 cm³/mol. The van der Waals surface area contributed by atoms with E-state index in [1.807, 2.05) is 91.9 Å². The van der Waals surface area contributed by atoms with Crippen molar-refractivity contribution >= 4 is 34.3 Å². The van der Waals surface area contributed by atoms with E-state index in [1.165, 1.54) is 11.8 Å². The molecule has 5 rings (SSSR count). The summed E-state index contributed by atoms with van der Waals surface area (Å²) in [5, 5.41) is 14.5. The number of carbonyl (C=O) groups excluding carboxylic acids is 1. The van der Waals surface area contributed by atoms with Gasteiger partial charge < -0.3 is 10.1 Å². The molecule has 0 atom stereocenters. The average molecular weight is 517 g/mol. The van der Waals surface area contributed by atoms with Crippen LogP contribution in [0.2, 0.25) is 0 Å². The van der Waals surface area contributed by atoms with Gasteiger partial charge in [-0.2, -0.15) is 5.26 Å². The molecule has 0 unspecified atom stereocenters. The first-order chi connectivity index (χ1) is 18.6. The van der Waals surface area contributed by atoms with Crippen molar-refractivity contribution in [1.29, 1.82) is 5.26 Å². The number of nitrogens with zero attached hydrogens (tertiary/aromatic N) is 3. The van der Waals surface area contributed by atoms with Crippen LogP contribution in [-0.2, 0) is 4.79 Å². The number of nitriles is 1. The van der Waals surface area contributed by atoms with Gasteiger partial charge >= 0.3 is 0 Å². The van der Waals surface area contributed by atoms with Crippen molar-refractivity contribution in [1.82, 2.24) is 9.97 Å².